The largest absolute Gasteiger partial charge is 0.460 e. The van der Waals surface area contributed by atoms with Crippen LogP contribution in [0.15, 0.2) is 42.5 Å². The molecular formula is C23H24O5. The lowest BCUT2D eigenvalue weighted by Crippen LogP contribution is -2.28. The van der Waals surface area contributed by atoms with Gasteiger partial charge in [-0.2, -0.15) is 0 Å². The first-order chi connectivity index (χ1) is 13.3. The SMILES string of the molecule is CC(C)(C)OC(=O)C[C@@H](C=O)C(=O)OCc1cccc2c1Cc1ccccc1-2. The molecule has 28 heavy (non-hydrogen) atoms. The predicted octanol–water partition coefficient (Wildman–Crippen LogP) is 3.85. The normalized spacial score (nSPS) is 13.2. The van der Waals surface area contributed by atoms with Gasteiger partial charge in [0.25, 0.3) is 0 Å². The van der Waals surface area contributed by atoms with Crippen LogP contribution < -0.4 is 0 Å². The molecule has 0 N–H and O–H groups in total. The molecule has 0 amide bonds. The molecule has 0 heterocycles. The van der Waals surface area contributed by atoms with Crippen LogP contribution in [-0.4, -0.2) is 23.8 Å². The maximum absolute atomic E-state index is 12.3. The molecule has 0 bridgehead atoms. The van der Waals surface area contributed by atoms with E-state index in [4.69, 9.17) is 9.47 Å². The predicted molar refractivity (Wildman–Crippen MR) is 104 cm³/mol. The fourth-order valence-electron chi connectivity index (χ4n) is 3.36. The molecule has 2 aromatic carbocycles. The number of carbonyl (C=O) groups is 3. The Kier molecular flexibility index (Phi) is 5.63. The quantitative estimate of drug-likeness (QED) is 0.369. The van der Waals surface area contributed by atoms with Gasteiger partial charge in [0.1, 0.15) is 24.4 Å². The van der Waals surface area contributed by atoms with Gasteiger partial charge >= 0.3 is 11.9 Å². The maximum Gasteiger partial charge on any atom is 0.317 e. The zero-order chi connectivity index (χ0) is 20.3. The van der Waals surface area contributed by atoms with E-state index in [1.807, 2.05) is 24.3 Å². The molecule has 0 fully saturated rings. The first kappa shape index (κ1) is 19.8. The Bertz CT molecular complexity index is 907. The van der Waals surface area contributed by atoms with Crippen LogP contribution in [0.4, 0.5) is 0 Å². The van der Waals surface area contributed by atoms with Gasteiger partial charge in [-0.3, -0.25) is 9.59 Å². The van der Waals surface area contributed by atoms with E-state index in [0.717, 1.165) is 23.1 Å². The van der Waals surface area contributed by atoms with Crippen molar-refractivity contribution >= 4 is 18.2 Å². The van der Waals surface area contributed by atoms with Crippen LogP contribution in [0.25, 0.3) is 11.1 Å². The summed E-state index contributed by atoms with van der Waals surface area (Å²) in [6.45, 7) is 5.25. The van der Waals surface area contributed by atoms with Gasteiger partial charge in [0.2, 0.25) is 0 Å². The topological polar surface area (TPSA) is 69.7 Å². The van der Waals surface area contributed by atoms with Gasteiger partial charge in [-0.05, 0) is 55.0 Å². The van der Waals surface area contributed by atoms with E-state index >= 15 is 0 Å². The van der Waals surface area contributed by atoms with Gasteiger partial charge in [0.05, 0.1) is 6.42 Å². The fraction of sp³-hybridized carbons (Fsp3) is 0.348. The van der Waals surface area contributed by atoms with Gasteiger partial charge in [-0.1, -0.05) is 42.5 Å². The molecule has 0 spiro atoms. The third-order valence-electron chi connectivity index (χ3n) is 4.59. The average Bonchev–Trinajstić information content (AvgIpc) is 3.02. The van der Waals surface area contributed by atoms with Gasteiger partial charge in [-0.15, -0.1) is 0 Å². The number of carbonyl (C=O) groups excluding carboxylic acids is 3. The summed E-state index contributed by atoms with van der Waals surface area (Å²) in [7, 11) is 0. The van der Waals surface area contributed by atoms with E-state index < -0.39 is 23.5 Å². The van der Waals surface area contributed by atoms with Crippen LogP contribution in [0.3, 0.4) is 0 Å². The zero-order valence-corrected chi connectivity index (χ0v) is 16.4. The second kappa shape index (κ2) is 7.97. The maximum atomic E-state index is 12.3. The number of benzene rings is 2. The minimum atomic E-state index is -1.16. The summed E-state index contributed by atoms with van der Waals surface area (Å²) >= 11 is 0. The third-order valence-corrected chi connectivity index (χ3v) is 4.59. The molecule has 2 aromatic rings. The average molecular weight is 380 g/mol. The Hall–Kier alpha value is -2.95. The molecule has 0 aliphatic heterocycles. The number of hydrogen-bond donors (Lipinski definition) is 0. The van der Waals surface area contributed by atoms with Crippen LogP contribution in [0, 0.1) is 5.92 Å². The van der Waals surface area contributed by atoms with E-state index in [0.29, 0.717) is 6.29 Å². The molecular weight excluding hydrogens is 356 g/mol. The molecule has 0 aromatic heterocycles. The number of aldehydes is 1. The monoisotopic (exact) mass is 380 g/mol. The van der Waals surface area contributed by atoms with Crippen LogP contribution in [0.2, 0.25) is 0 Å². The van der Waals surface area contributed by atoms with Crippen molar-refractivity contribution in [2.75, 3.05) is 0 Å². The number of hydrogen-bond acceptors (Lipinski definition) is 5. The summed E-state index contributed by atoms with van der Waals surface area (Å²) in [5.74, 6) is -2.48. The summed E-state index contributed by atoms with van der Waals surface area (Å²) in [6.07, 6.45) is 0.906. The van der Waals surface area contributed by atoms with Crippen LogP contribution in [-0.2, 0) is 36.9 Å². The number of ether oxygens (including phenoxy) is 2. The van der Waals surface area contributed by atoms with E-state index in [-0.39, 0.29) is 13.0 Å². The summed E-state index contributed by atoms with van der Waals surface area (Å²) in [5.41, 5.74) is 4.95. The van der Waals surface area contributed by atoms with E-state index in [1.165, 1.54) is 11.1 Å². The molecule has 5 heteroatoms. The second-order valence-electron chi connectivity index (χ2n) is 7.92. The van der Waals surface area contributed by atoms with E-state index in [9.17, 15) is 14.4 Å². The molecule has 0 saturated heterocycles. The Labute approximate surface area is 164 Å². The van der Waals surface area contributed by atoms with Crippen LogP contribution >= 0.6 is 0 Å². The second-order valence-corrected chi connectivity index (χ2v) is 7.92. The molecule has 0 unspecified atom stereocenters. The van der Waals surface area contributed by atoms with Crippen molar-refractivity contribution in [1.82, 2.24) is 0 Å². The van der Waals surface area contributed by atoms with Gasteiger partial charge in [0, 0.05) is 0 Å². The number of fused-ring (bicyclic) bond motifs is 3. The molecule has 1 aliphatic carbocycles. The van der Waals surface area contributed by atoms with E-state index in [1.54, 1.807) is 20.8 Å². The Morgan fingerprint density at radius 3 is 2.50 bits per heavy atom. The van der Waals surface area contributed by atoms with Crippen molar-refractivity contribution < 1.29 is 23.9 Å². The van der Waals surface area contributed by atoms with Crippen molar-refractivity contribution in [2.24, 2.45) is 5.92 Å². The van der Waals surface area contributed by atoms with Crippen LogP contribution in [0.1, 0.15) is 43.9 Å². The van der Waals surface area contributed by atoms with Gasteiger partial charge < -0.3 is 14.3 Å². The Morgan fingerprint density at radius 1 is 1.07 bits per heavy atom. The summed E-state index contributed by atoms with van der Waals surface area (Å²) in [4.78, 5) is 35.5. The van der Waals surface area contributed by atoms with Crippen molar-refractivity contribution in [3.8, 4) is 11.1 Å². The highest BCUT2D eigenvalue weighted by atomic mass is 16.6. The highest BCUT2D eigenvalue weighted by Gasteiger charge is 2.27. The highest BCUT2D eigenvalue weighted by Crippen LogP contribution is 2.38. The zero-order valence-electron chi connectivity index (χ0n) is 16.4. The first-order valence-corrected chi connectivity index (χ1v) is 9.31. The minimum absolute atomic E-state index is 0.0641. The summed E-state index contributed by atoms with van der Waals surface area (Å²) in [6, 6.07) is 14.1. The van der Waals surface area contributed by atoms with Crippen molar-refractivity contribution in [3.05, 3.63) is 59.2 Å². The summed E-state index contributed by atoms with van der Waals surface area (Å²) < 4.78 is 10.5. The molecule has 5 nitrogen and oxygen atoms in total. The van der Waals surface area contributed by atoms with Gasteiger partial charge in [-0.25, -0.2) is 0 Å². The molecule has 1 aliphatic rings. The lowest BCUT2D eigenvalue weighted by molar-refractivity contribution is -0.162. The lowest BCUT2D eigenvalue weighted by Gasteiger charge is -2.20. The highest BCUT2D eigenvalue weighted by molar-refractivity contribution is 5.92. The smallest absolute Gasteiger partial charge is 0.317 e. The van der Waals surface area contributed by atoms with Crippen molar-refractivity contribution in [2.45, 2.75) is 45.8 Å². The van der Waals surface area contributed by atoms with Crippen molar-refractivity contribution in [3.63, 3.8) is 0 Å². The molecule has 1 atom stereocenters. The number of esters is 2. The van der Waals surface area contributed by atoms with E-state index in [2.05, 4.69) is 18.2 Å². The Morgan fingerprint density at radius 2 is 1.79 bits per heavy atom. The fourth-order valence-corrected chi connectivity index (χ4v) is 3.36. The third kappa shape index (κ3) is 4.47. The van der Waals surface area contributed by atoms with Crippen LogP contribution in [0.5, 0.6) is 0 Å². The lowest BCUT2D eigenvalue weighted by atomic mass is 10.0. The molecule has 146 valence electrons. The molecule has 3 rings (SSSR count). The molecule has 0 saturated carbocycles. The standard InChI is InChI=1S/C23H24O5/c1-23(2,3)28-21(25)12-17(13-24)22(26)27-14-16-8-6-10-19-18-9-5-4-7-15(18)11-20(16)19/h4-10,13,17H,11-12,14H2,1-3H3/t17-/m0/s1. The van der Waals surface area contributed by atoms with Gasteiger partial charge in [0.15, 0.2) is 0 Å². The first-order valence-electron chi connectivity index (χ1n) is 9.31. The number of rotatable bonds is 6. The Balaban J connectivity index is 1.65. The minimum Gasteiger partial charge on any atom is -0.460 e. The van der Waals surface area contributed by atoms with Crippen molar-refractivity contribution in [1.29, 1.82) is 0 Å². The summed E-state index contributed by atoms with van der Waals surface area (Å²) in [5, 5.41) is 0. The molecule has 0 radical (unpaired) electrons.